The lowest BCUT2D eigenvalue weighted by atomic mass is 10.2. The number of aliphatic hydroxyl groups excluding tert-OH is 1. The molecule has 0 spiro atoms. The van der Waals surface area contributed by atoms with Gasteiger partial charge in [-0.05, 0) is 12.1 Å². The molecule has 6 heteroatoms. The minimum Gasteiger partial charge on any atom is -0.395 e. The fourth-order valence-corrected chi connectivity index (χ4v) is 0.949. The Morgan fingerprint density at radius 1 is 1.43 bits per heavy atom. The average molecular weight is 206 g/mol. The summed E-state index contributed by atoms with van der Waals surface area (Å²) in [6, 6.07) is 2.15. The molecule has 0 bridgehead atoms. The van der Waals surface area contributed by atoms with Crippen LogP contribution in [0, 0.1) is 0 Å². The quantitative estimate of drug-likeness (QED) is 0.787. The van der Waals surface area contributed by atoms with Crippen molar-refractivity contribution in [1.29, 1.82) is 0 Å². The number of alkyl halides is 3. The first-order valence-electron chi connectivity index (χ1n) is 3.92. The summed E-state index contributed by atoms with van der Waals surface area (Å²) < 4.78 is 37.0. The van der Waals surface area contributed by atoms with Crippen molar-refractivity contribution in [2.75, 3.05) is 18.5 Å². The summed E-state index contributed by atoms with van der Waals surface area (Å²) in [4.78, 5) is 3.54. The molecule has 0 saturated carbocycles. The van der Waals surface area contributed by atoms with Crippen molar-refractivity contribution in [1.82, 2.24) is 4.98 Å². The molecule has 2 N–H and O–H groups in total. The molecular formula is C8H9F3N2O. The molecule has 0 atom stereocenters. The molecule has 1 aromatic heterocycles. The van der Waals surface area contributed by atoms with Crippen LogP contribution in [0.5, 0.6) is 0 Å². The van der Waals surface area contributed by atoms with Gasteiger partial charge in [-0.2, -0.15) is 13.2 Å². The van der Waals surface area contributed by atoms with Crippen molar-refractivity contribution in [3.8, 4) is 0 Å². The van der Waals surface area contributed by atoms with Gasteiger partial charge >= 0.3 is 6.18 Å². The Morgan fingerprint density at radius 3 is 2.71 bits per heavy atom. The van der Waals surface area contributed by atoms with Gasteiger partial charge in [0.15, 0.2) is 0 Å². The molecule has 0 fully saturated rings. The summed E-state index contributed by atoms with van der Waals surface area (Å²) in [5.41, 5.74) is -0.826. The monoisotopic (exact) mass is 206 g/mol. The van der Waals surface area contributed by atoms with E-state index in [-0.39, 0.29) is 19.0 Å². The molecule has 3 nitrogen and oxygen atoms in total. The highest BCUT2D eigenvalue weighted by atomic mass is 19.4. The van der Waals surface area contributed by atoms with E-state index in [1.54, 1.807) is 0 Å². The number of aliphatic hydroxyl groups is 1. The molecule has 0 saturated heterocycles. The number of aromatic nitrogens is 1. The van der Waals surface area contributed by atoms with Crippen LogP contribution >= 0.6 is 0 Å². The maximum absolute atomic E-state index is 12.3. The fraction of sp³-hybridized carbons (Fsp3) is 0.375. The van der Waals surface area contributed by atoms with Gasteiger partial charge in [-0.25, -0.2) is 4.98 Å². The van der Waals surface area contributed by atoms with E-state index in [0.29, 0.717) is 0 Å². The zero-order valence-corrected chi connectivity index (χ0v) is 7.17. The summed E-state index contributed by atoms with van der Waals surface area (Å²) in [5.74, 6) is -0.256. The topological polar surface area (TPSA) is 45.1 Å². The minimum absolute atomic E-state index is 0.0418. The summed E-state index contributed by atoms with van der Waals surface area (Å²) in [7, 11) is 0. The van der Waals surface area contributed by atoms with E-state index in [1.165, 1.54) is 12.3 Å². The Bertz CT molecular complexity index is 301. The van der Waals surface area contributed by atoms with E-state index in [2.05, 4.69) is 10.3 Å². The van der Waals surface area contributed by atoms with Gasteiger partial charge < -0.3 is 10.4 Å². The van der Waals surface area contributed by atoms with Gasteiger partial charge in [0, 0.05) is 12.7 Å². The summed E-state index contributed by atoms with van der Waals surface area (Å²) in [5, 5.41) is 10.8. The molecule has 0 aliphatic carbocycles. The predicted molar refractivity (Wildman–Crippen MR) is 44.8 cm³/mol. The van der Waals surface area contributed by atoms with Gasteiger partial charge in [-0.15, -0.1) is 0 Å². The number of pyridine rings is 1. The van der Waals surface area contributed by atoms with Crippen molar-refractivity contribution in [2.24, 2.45) is 0 Å². The zero-order chi connectivity index (χ0) is 10.6. The molecule has 14 heavy (non-hydrogen) atoms. The van der Waals surface area contributed by atoms with Crippen LogP contribution in [0.25, 0.3) is 0 Å². The highest BCUT2D eigenvalue weighted by Gasteiger charge is 2.33. The second kappa shape index (κ2) is 4.28. The van der Waals surface area contributed by atoms with E-state index < -0.39 is 11.7 Å². The molecular weight excluding hydrogens is 197 g/mol. The lowest BCUT2D eigenvalue weighted by Crippen LogP contribution is -2.14. The van der Waals surface area contributed by atoms with Gasteiger partial charge in [0.1, 0.15) is 5.82 Å². The van der Waals surface area contributed by atoms with Crippen molar-refractivity contribution >= 4 is 5.82 Å². The number of halogens is 3. The first-order valence-corrected chi connectivity index (χ1v) is 3.92. The largest absolute Gasteiger partial charge is 0.419 e. The third kappa shape index (κ3) is 2.59. The molecule has 0 aliphatic heterocycles. The van der Waals surface area contributed by atoms with Gasteiger partial charge in [0.05, 0.1) is 12.2 Å². The third-order valence-corrected chi connectivity index (χ3v) is 1.52. The molecule has 1 aromatic rings. The maximum atomic E-state index is 12.3. The van der Waals surface area contributed by atoms with E-state index in [0.717, 1.165) is 6.07 Å². The normalized spacial score (nSPS) is 11.4. The summed E-state index contributed by atoms with van der Waals surface area (Å²) in [6.07, 6.45) is -3.17. The molecule has 1 heterocycles. The van der Waals surface area contributed by atoms with Crippen molar-refractivity contribution in [3.05, 3.63) is 23.9 Å². The van der Waals surface area contributed by atoms with Crippen LogP contribution in [0.15, 0.2) is 18.3 Å². The maximum Gasteiger partial charge on any atom is 0.419 e. The van der Waals surface area contributed by atoms with Crippen LogP contribution < -0.4 is 5.32 Å². The summed E-state index contributed by atoms with van der Waals surface area (Å²) in [6.45, 7) is -0.200. The number of hydrogen-bond acceptors (Lipinski definition) is 3. The van der Waals surface area contributed by atoms with Crippen molar-refractivity contribution < 1.29 is 18.3 Å². The van der Waals surface area contributed by atoms with Crippen LogP contribution in [-0.4, -0.2) is 23.2 Å². The summed E-state index contributed by atoms with van der Waals surface area (Å²) >= 11 is 0. The van der Waals surface area contributed by atoms with E-state index in [4.69, 9.17) is 5.11 Å². The predicted octanol–water partition coefficient (Wildman–Crippen LogP) is 1.50. The Kier molecular flexibility index (Phi) is 3.29. The van der Waals surface area contributed by atoms with E-state index in [9.17, 15) is 13.2 Å². The van der Waals surface area contributed by atoms with Gasteiger partial charge in [-0.3, -0.25) is 0 Å². The highest BCUT2D eigenvalue weighted by molar-refractivity contribution is 5.45. The number of nitrogens with one attached hydrogen (secondary N) is 1. The SMILES string of the molecule is OCCNc1ncccc1C(F)(F)F. The first kappa shape index (κ1) is 10.8. The standard InChI is InChI=1S/C8H9F3N2O/c9-8(10,11)6-2-1-3-12-7(6)13-4-5-14/h1-3,14H,4-5H2,(H,12,13). The number of hydrogen-bond donors (Lipinski definition) is 2. The van der Waals surface area contributed by atoms with E-state index in [1.807, 2.05) is 0 Å². The second-order valence-corrected chi connectivity index (χ2v) is 2.55. The Labute approximate surface area is 78.6 Å². The Hall–Kier alpha value is -1.30. The lowest BCUT2D eigenvalue weighted by molar-refractivity contribution is -0.137. The Balaban J connectivity index is 2.92. The lowest BCUT2D eigenvalue weighted by Gasteiger charge is -2.11. The van der Waals surface area contributed by atoms with E-state index >= 15 is 0 Å². The number of anilines is 1. The third-order valence-electron chi connectivity index (χ3n) is 1.52. The molecule has 0 aromatic carbocycles. The van der Waals surface area contributed by atoms with Crippen LogP contribution in [0.2, 0.25) is 0 Å². The molecule has 0 amide bonds. The first-order chi connectivity index (χ1) is 6.55. The van der Waals surface area contributed by atoms with Crippen LogP contribution in [0.3, 0.4) is 0 Å². The minimum atomic E-state index is -4.42. The fourth-order valence-electron chi connectivity index (χ4n) is 0.949. The van der Waals surface area contributed by atoms with Crippen molar-refractivity contribution in [3.63, 3.8) is 0 Å². The molecule has 0 unspecified atom stereocenters. The van der Waals surface area contributed by atoms with Crippen LogP contribution in [-0.2, 0) is 6.18 Å². The zero-order valence-electron chi connectivity index (χ0n) is 7.17. The molecule has 1 rings (SSSR count). The number of rotatable bonds is 3. The molecule has 78 valence electrons. The van der Waals surface area contributed by atoms with Gasteiger partial charge in [0.2, 0.25) is 0 Å². The second-order valence-electron chi connectivity index (χ2n) is 2.55. The number of nitrogens with zero attached hydrogens (tertiary/aromatic N) is 1. The average Bonchev–Trinajstić information content (AvgIpc) is 2.14. The molecule has 0 radical (unpaired) electrons. The van der Waals surface area contributed by atoms with Gasteiger partial charge in [-0.1, -0.05) is 0 Å². The van der Waals surface area contributed by atoms with Crippen LogP contribution in [0.1, 0.15) is 5.56 Å². The van der Waals surface area contributed by atoms with Crippen LogP contribution in [0.4, 0.5) is 19.0 Å². The van der Waals surface area contributed by atoms with Gasteiger partial charge in [0.25, 0.3) is 0 Å². The Morgan fingerprint density at radius 2 is 2.14 bits per heavy atom. The smallest absolute Gasteiger partial charge is 0.395 e. The molecule has 0 aliphatic rings. The highest BCUT2D eigenvalue weighted by Crippen LogP contribution is 2.33. The van der Waals surface area contributed by atoms with Crippen molar-refractivity contribution in [2.45, 2.75) is 6.18 Å².